The molecule has 7 heteroatoms. The molecule has 0 radical (unpaired) electrons. The molecule has 0 atom stereocenters. The Kier molecular flexibility index (Phi) is 5.89. The number of nitro benzene ring substituents is 1. The molecule has 0 amide bonds. The average Bonchev–Trinajstić information content (AvgIpc) is 2.77. The molecule has 3 aromatic carbocycles. The molecular weight excluding hydrogens is 372 g/mol. The first kappa shape index (κ1) is 19.6. The normalized spacial score (nSPS) is 11.0. The van der Waals surface area contributed by atoms with Crippen molar-refractivity contribution >= 4 is 23.2 Å². The second kappa shape index (κ2) is 8.71. The van der Waals surface area contributed by atoms with E-state index in [1.165, 1.54) is 13.0 Å². The van der Waals surface area contributed by atoms with Gasteiger partial charge in [-0.2, -0.15) is 0 Å². The number of hydrogen-bond donors (Lipinski definition) is 0. The van der Waals surface area contributed by atoms with Crippen LogP contribution in [-0.2, 0) is 4.84 Å². The van der Waals surface area contributed by atoms with Gasteiger partial charge in [-0.05, 0) is 30.7 Å². The van der Waals surface area contributed by atoms with Gasteiger partial charge in [0.05, 0.1) is 16.1 Å². The first-order valence-corrected chi connectivity index (χ1v) is 8.67. The second-order valence-corrected chi connectivity index (χ2v) is 6.10. The van der Waals surface area contributed by atoms with Gasteiger partial charge in [0.25, 0.3) is 5.69 Å². The van der Waals surface area contributed by atoms with Crippen LogP contribution in [0.1, 0.15) is 27.6 Å². The fraction of sp³-hybridized carbons (Fsp3) is 0.0455. The van der Waals surface area contributed by atoms with Crippen molar-refractivity contribution in [1.82, 2.24) is 0 Å². The molecule has 0 saturated heterocycles. The summed E-state index contributed by atoms with van der Waals surface area (Å²) in [6, 6.07) is 21.0. The Balaban J connectivity index is 1.75. The highest BCUT2D eigenvalue weighted by Crippen LogP contribution is 2.29. The number of carbonyl (C=O) groups is 2. The monoisotopic (exact) mass is 388 g/mol. The standard InChI is InChI=1S/C22H16N2O5/c1-15(23-29-22(26)18-7-3-2-4-8-18)21(25)17-13-11-16(12-14-17)19-9-5-6-10-20(19)24(27)28/h2-14H,1H3/b23-15-. The Morgan fingerprint density at radius 1 is 0.862 bits per heavy atom. The van der Waals surface area contributed by atoms with Gasteiger partial charge in [-0.25, -0.2) is 4.79 Å². The molecule has 0 aliphatic heterocycles. The SMILES string of the molecule is C/C(=N/OC(=O)c1ccccc1)C(=O)c1ccc(-c2ccccc2[N+](=O)[O-])cc1. The molecule has 0 aliphatic carbocycles. The van der Waals surface area contributed by atoms with Crippen LogP contribution in [0.2, 0.25) is 0 Å². The minimum absolute atomic E-state index is 0.00715. The van der Waals surface area contributed by atoms with E-state index in [1.54, 1.807) is 72.8 Å². The van der Waals surface area contributed by atoms with Crippen molar-refractivity contribution in [2.75, 3.05) is 0 Å². The van der Waals surface area contributed by atoms with Crippen molar-refractivity contribution in [3.05, 3.63) is 100 Å². The highest BCUT2D eigenvalue weighted by molar-refractivity contribution is 6.45. The lowest BCUT2D eigenvalue weighted by atomic mass is 10.00. The highest BCUT2D eigenvalue weighted by atomic mass is 16.7. The maximum atomic E-state index is 12.5. The third kappa shape index (κ3) is 4.59. The van der Waals surface area contributed by atoms with Crippen molar-refractivity contribution in [3.8, 4) is 11.1 Å². The molecule has 0 unspecified atom stereocenters. The van der Waals surface area contributed by atoms with Gasteiger partial charge in [-0.3, -0.25) is 14.9 Å². The Hall–Kier alpha value is -4.13. The fourth-order valence-corrected chi connectivity index (χ4v) is 2.67. The lowest BCUT2D eigenvalue weighted by molar-refractivity contribution is -0.384. The van der Waals surface area contributed by atoms with E-state index in [0.717, 1.165) is 0 Å². The summed E-state index contributed by atoms with van der Waals surface area (Å²) in [4.78, 5) is 39.9. The Labute approximate surface area is 166 Å². The van der Waals surface area contributed by atoms with Gasteiger partial charge >= 0.3 is 5.97 Å². The molecular formula is C22H16N2O5. The topological polar surface area (TPSA) is 98.9 Å². The van der Waals surface area contributed by atoms with E-state index in [-0.39, 0.29) is 11.4 Å². The largest absolute Gasteiger partial charge is 0.365 e. The first-order valence-electron chi connectivity index (χ1n) is 8.67. The molecule has 0 fully saturated rings. The van der Waals surface area contributed by atoms with Gasteiger partial charge in [0.1, 0.15) is 5.71 Å². The zero-order valence-corrected chi connectivity index (χ0v) is 15.4. The Morgan fingerprint density at radius 3 is 2.14 bits per heavy atom. The van der Waals surface area contributed by atoms with Gasteiger partial charge in [0, 0.05) is 11.6 Å². The summed E-state index contributed by atoms with van der Waals surface area (Å²) < 4.78 is 0. The zero-order chi connectivity index (χ0) is 20.8. The van der Waals surface area contributed by atoms with Crippen LogP contribution in [-0.4, -0.2) is 22.4 Å². The predicted octanol–water partition coefficient (Wildman–Crippen LogP) is 4.68. The number of Topliss-reactive ketones (excluding diaryl/α,β-unsaturated/α-hetero) is 1. The van der Waals surface area contributed by atoms with Crippen molar-refractivity contribution in [1.29, 1.82) is 0 Å². The van der Waals surface area contributed by atoms with Gasteiger partial charge < -0.3 is 4.84 Å². The van der Waals surface area contributed by atoms with E-state index < -0.39 is 16.7 Å². The molecule has 3 aromatic rings. The number of ketones is 1. The second-order valence-electron chi connectivity index (χ2n) is 6.10. The Bertz CT molecular complexity index is 1090. The average molecular weight is 388 g/mol. The van der Waals surface area contributed by atoms with Crippen molar-refractivity contribution in [3.63, 3.8) is 0 Å². The number of para-hydroxylation sites is 1. The van der Waals surface area contributed by atoms with Crippen LogP contribution in [0, 0.1) is 10.1 Å². The minimum Gasteiger partial charge on any atom is -0.312 e. The molecule has 29 heavy (non-hydrogen) atoms. The molecule has 0 N–H and O–H groups in total. The molecule has 3 rings (SSSR count). The van der Waals surface area contributed by atoms with Crippen molar-refractivity contribution in [2.45, 2.75) is 6.92 Å². The summed E-state index contributed by atoms with van der Waals surface area (Å²) in [6.07, 6.45) is 0. The number of nitrogens with zero attached hydrogens (tertiary/aromatic N) is 2. The molecule has 0 bridgehead atoms. The molecule has 7 nitrogen and oxygen atoms in total. The van der Waals surface area contributed by atoms with E-state index in [4.69, 9.17) is 4.84 Å². The number of carbonyl (C=O) groups excluding carboxylic acids is 2. The van der Waals surface area contributed by atoms with E-state index in [0.29, 0.717) is 22.3 Å². The minimum atomic E-state index is -0.663. The smallest absolute Gasteiger partial charge is 0.312 e. The molecule has 0 spiro atoms. The number of nitro groups is 1. The van der Waals surface area contributed by atoms with Gasteiger partial charge in [-0.15, -0.1) is 0 Å². The van der Waals surface area contributed by atoms with Crippen LogP contribution in [0.4, 0.5) is 5.69 Å². The third-order valence-electron chi connectivity index (χ3n) is 4.16. The summed E-state index contributed by atoms with van der Waals surface area (Å²) >= 11 is 0. The molecule has 0 heterocycles. The van der Waals surface area contributed by atoms with Crippen LogP contribution >= 0.6 is 0 Å². The maximum absolute atomic E-state index is 12.5. The summed E-state index contributed by atoms with van der Waals surface area (Å²) in [7, 11) is 0. The summed E-state index contributed by atoms with van der Waals surface area (Å²) in [6.45, 7) is 1.44. The lowest BCUT2D eigenvalue weighted by Gasteiger charge is -2.05. The van der Waals surface area contributed by atoms with Crippen molar-refractivity contribution in [2.24, 2.45) is 5.16 Å². The maximum Gasteiger partial charge on any atom is 0.365 e. The Morgan fingerprint density at radius 2 is 1.48 bits per heavy atom. The van der Waals surface area contributed by atoms with E-state index in [9.17, 15) is 19.7 Å². The van der Waals surface area contributed by atoms with Crippen LogP contribution in [0.3, 0.4) is 0 Å². The third-order valence-corrected chi connectivity index (χ3v) is 4.16. The van der Waals surface area contributed by atoms with Gasteiger partial charge in [-0.1, -0.05) is 59.8 Å². The zero-order valence-electron chi connectivity index (χ0n) is 15.4. The van der Waals surface area contributed by atoms with E-state index in [2.05, 4.69) is 5.16 Å². The van der Waals surface area contributed by atoms with Gasteiger partial charge in [0.2, 0.25) is 5.78 Å². The molecule has 0 saturated carbocycles. The van der Waals surface area contributed by atoms with Crippen LogP contribution in [0.15, 0.2) is 84.0 Å². The first-order chi connectivity index (χ1) is 14.0. The van der Waals surface area contributed by atoms with Crippen LogP contribution in [0.25, 0.3) is 11.1 Å². The molecule has 0 aromatic heterocycles. The summed E-state index contributed by atoms with van der Waals surface area (Å²) in [5.41, 5.74) is 1.71. The van der Waals surface area contributed by atoms with E-state index >= 15 is 0 Å². The number of oxime groups is 1. The highest BCUT2D eigenvalue weighted by Gasteiger charge is 2.16. The fourth-order valence-electron chi connectivity index (χ4n) is 2.67. The summed E-state index contributed by atoms with van der Waals surface area (Å²) in [5, 5.41) is 14.8. The number of hydrogen-bond acceptors (Lipinski definition) is 6. The molecule has 0 aliphatic rings. The van der Waals surface area contributed by atoms with Gasteiger partial charge in [0.15, 0.2) is 0 Å². The number of benzene rings is 3. The summed E-state index contributed by atoms with van der Waals surface area (Å²) in [5.74, 6) is -1.08. The molecule has 144 valence electrons. The van der Waals surface area contributed by atoms with Crippen LogP contribution in [0.5, 0.6) is 0 Å². The number of rotatable bonds is 6. The van der Waals surface area contributed by atoms with Crippen molar-refractivity contribution < 1.29 is 19.3 Å². The predicted molar refractivity (Wildman–Crippen MR) is 108 cm³/mol. The van der Waals surface area contributed by atoms with Crippen LogP contribution < -0.4 is 0 Å². The van der Waals surface area contributed by atoms with E-state index in [1.807, 2.05) is 0 Å². The quantitative estimate of drug-likeness (QED) is 0.201. The lowest BCUT2D eigenvalue weighted by Crippen LogP contribution is -2.12.